The third-order valence-corrected chi connectivity index (χ3v) is 13.7. The molecule has 0 aromatic heterocycles. The Morgan fingerprint density at radius 2 is 0.806 bits per heavy atom. The molecule has 0 rings (SSSR count). The number of quaternary nitrogens is 1. The number of unbranched alkanes of at least 4 members (excludes halogenated alkanes) is 35. The predicted octanol–water partition coefficient (Wildman–Crippen LogP) is 16.8. The summed E-state index contributed by atoms with van der Waals surface area (Å²) in [6.07, 6.45) is 58.2. The second-order valence-electron chi connectivity index (χ2n) is 20.7. The van der Waals surface area contributed by atoms with E-state index >= 15 is 0 Å². The maximum Gasteiger partial charge on any atom is 0.306 e. The largest absolute Gasteiger partial charge is 0.756 e. The molecule has 67 heavy (non-hydrogen) atoms. The van der Waals surface area contributed by atoms with Gasteiger partial charge in [0.15, 0.2) is 6.10 Å². The average Bonchev–Trinajstić information content (AvgIpc) is 3.29. The Balaban J connectivity index is 3.93. The molecular formula is C57H110NO8P. The van der Waals surface area contributed by atoms with E-state index in [4.69, 9.17) is 18.5 Å². The number of rotatable bonds is 53. The number of likely N-dealkylation sites (N-methyl/N-ethyl adjacent to an activating group) is 1. The van der Waals surface area contributed by atoms with Crippen LogP contribution in [-0.2, 0) is 32.7 Å². The molecule has 396 valence electrons. The van der Waals surface area contributed by atoms with Gasteiger partial charge in [-0.1, -0.05) is 244 Å². The number of nitrogens with zero attached hydrogens (tertiary/aromatic N) is 1. The standard InChI is InChI=1S/C57H110NO8P/c1-6-8-10-12-14-16-18-19-20-21-22-23-24-25-26-27-28-29-30-31-32-33-34-35-36-37-38-39-40-42-44-46-48-50-57(60)66-55(54-65-67(61,62)64-52-51-58(3,4)5)53-63-56(59)49-47-45-43-41-17-15-13-11-9-7-2/h18-19,21-22,55H,6-17,20,23-54H2,1-5H3/b19-18-,22-21-. The lowest BCUT2D eigenvalue weighted by Crippen LogP contribution is -2.37. The summed E-state index contributed by atoms with van der Waals surface area (Å²) in [6, 6.07) is 0. The molecule has 9 nitrogen and oxygen atoms in total. The number of carbonyl (C=O) groups is 2. The second-order valence-corrected chi connectivity index (χ2v) is 22.1. The van der Waals surface area contributed by atoms with Crippen LogP contribution in [0.5, 0.6) is 0 Å². The van der Waals surface area contributed by atoms with Gasteiger partial charge in [-0.2, -0.15) is 0 Å². The fraction of sp³-hybridized carbons (Fsp3) is 0.895. The number of carbonyl (C=O) groups excluding carboxylic acids is 2. The van der Waals surface area contributed by atoms with Crippen LogP contribution in [0.2, 0.25) is 0 Å². The van der Waals surface area contributed by atoms with Crippen molar-refractivity contribution in [3.8, 4) is 0 Å². The highest BCUT2D eigenvalue weighted by Gasteiger charge is 2.22. The van der Waals surface area contributed by atoms with Gasteiger partial charge < -0.3 is 27.9 Å². The van der Waals surface area contributed by atoms with E-state index in [-0.39, 0.29) is 32.0 Å². The van der Waals surface area contributed by atoms with Gasteiger partial charge in [-0.25, -0.2) is 0 Å². The quantitative estimate of drug-likeness (QED) is 0.0195. The Morgan fingerprint density at radius 1 is 0.463 bits per heavy atom. The molecule has 0 aromatic carbocycles. The number of phosphoric ester groups is 1. The number of allylic oxidation sites excluding steroid dienone is 4. The van der Waals surface area contributed by atoms with Crippen LogP contribution in [0.4, 0.5) is 0 Å². The molecule has 10 heteroatoms. The molecule has 0 saturated heterocycles. The SMILES string of the molecule is CCCCCCC/C=C\C/C=C\CCCCCCCCCCCCCCCCCCCCCCCC(=O)OC(COC(=O)CCCCCCCCCCCC)COP(=O)([O-])OCC[N+](C)(C)C. The lowest BCUT2D eigenvalue weighted by Gasteiger charge is -2.28. The molecule has 0 fully saturated rings. The maximum absolute atomic E-state index is 12.7. The Kier molecular flexibility index (Phi) is 48.4. The zero-order valence-electron chi connectivity index (χ0n) is 44.9. The first-order chi connectivity index (χ1) is 32.5. The fourth-order valence-corrected chi connectivity index (χ4v) is 9.01. The third-order valence-electron chi connectivity index (χ3n) is 12.7. The summed E-state index contributed by atoms with van der Waals surface area (Å²) >= 11 is 0. The molecule has 0 amide bonds. The van der Waals surface area contributed by atoms with Gasteiger partial charge in [-0.15, -0.1) is 0 Å². The molecule has 0 N–H and O–H groups in total. The van der Waals surface area contributed by atoms with Gasteiger partial charge in [0.2, 0.25) is 0 Å². The minimum Gasteiger partial charge on any atom is -0.756 e. The van der Waals surface area contributed by atoms with Crippen LogP contribution in [0.15, 0.2) is 24.3 Å². The lowest BCUT2D eigenvalue weighted by atomic mass is 10.0. The first-order valence-corrected chi connectivity index (χ1v) is 30.0. The number of hydrogen-bond acceptors (Lipinski definition) is 8. The molecule has 0 spiro atoms. The second kappa shape index (κ2) is 49.5. The first kappa shape index (κ1) is 65.5. The van der Waals surface area contributed by atoms with Crippen LogP contribution in [-0.4, -0.2) is 70.0 Å². The molecule has 0 radical (unpaired) electrons. The first-order valence-electron chi connectivity index (χ1n) is 28.5. The van der Waals surface area contributed by atoms with Crippen molar-refractivity contribution in [3.05, 3.63) is 24.3 Å². The maximum atomic E-state index is 12.7. The Bertz CT molecular complexity index is 1190. The van der Waals surface area contributed by atoms with E-state index in [0.717, 1.165) is 38.5 Å². The summed E-state index contributed by atoms with van der Waals surface area (Å²) in [6.45, 7) is 4.24. The molecule has 0 saturated carbocycles. The fourth-order valence-electron chi connectivity index (χ4n) is 8.28. The van der Waals surface area contributed by atoms with E-state index in [9.17, 15) is 19.0 Å². The smallest absolute Gasteiger partial charge is 0.306 e. The van der Waals surface area contributed by atoms with Crippen molar-refractivity contribution in [2.75, 3.05) is 47.5 Å². The van der Waals surface area contributed by atoms with Gasteiger partial charge >= 0.3 is 11.9 Å². The third kappa shape index (κ3) is 53.7. The minimum absolute atomic E-state index is 0.0272. The van der Waals surface area contributed by atoms with Crippen molar-refractivity contribution >= 4 is 19.8 Å². The highest BCUT2D eigenvalue weighted by molar-refractivity contribution is 7.45. The van der Waals surface area contributed by atoms with E-state index in [1.165, 1.54) is 205 Å². The van der Waals surface area contributed by atoms with E-state index in [1.54, 1.807) is 0 Å². The number of esters is 2. The van der Waals surface area contributed by atoms with Crippen molar-refractivity contribution in [2.24, 2.45) is 0 Å². The Morgan fingerprint density at radius 3 is 1.18 bits per heavy atom. The summed E-state index contributed by atoms with van der Waals surface area (Å²) < 4.78 is 34.0. The van der Waals surface area contributed by atoms with E-state index in [1.807, 2.05) is 21.1 Å². The van der Waals surface area contributed by atoms with Gasteiger partial charge in [0.1, 0.15) is 19.8 Å². The van der Waals surface area contributed by atoms with Gasteiger partial charge in [-0.3, -0.25) is 14.2 Å². The topological polar surface area (TPSA) is 111 Å². The summed E-state index contributed by atoms with van der Waals surface area (Å²) in [5.41, 5.74) is 0. The molecule has 0 aliphatic carbocycles. The summed E-state index contributed by atoms with van der Waals surface area (Å²) in [4.78, 5) is 37.6. The zero-order chi connectivity index (χ0) is 49.2. The van der Waals surface area contributed by atoms with Crippen LogP contribution < -0.4 is 4.89 Å². The van der Waals surface area contributed by atoms with Crippen LogP contribution >= 0.6 is 7.82 Å². The van der Waals surface area contributed by atoms with E-state index in [0.29, 0.717) is 17.4 Å². The molecular weight excluding hydrogens is 858 g/mol. The van der Waals surface area contributed by atoms with Crippen molar-refractivity contribution in [2.45, 2.75) is 283 Å². The number of hydrogen-bond donors (Lipinski definition) is 0. The van der Waals surface area contributed by atoms with Crippen LogP contribution in [0, 0.1) is 0 Å². The molecule has 0 aromatic rings. The van der Waals surface area contributed by atoms with E-state index < -0.39 is 26.5 Å². The molecule has 2 unspecified atom stereocenters. The molecule has 0 bridgehead atoms. The number of ether oxygens (including phenoxy) is 2. The Labute approximate surface area is 415 Å². The van der Waals surface area contributed by atoms with Gasteiger partial charge in [0, 0.05) is 12.8 Å². The van der Waals surface area contributed by atoms with Crippen molar-refractivity contribution < 1.29 is 42.1 Å². The zero-order valence-corrected chi connectivity index (χ0v) is 45.8. The Hall–Kier alpha value is -1.51. The summed E-state index contributed by atoms with van der Waals surface area (Å²) in [5, 5.41) is 0. The van der Waals surface area contributed by atoms with Crippen molar-refractivity contribution in [3.63, 3.8) is 0 Å². The molecule has 2 atom stereocenters. The van der Waals surface area contributed by atoms with Crippen molar-refractivity contribution in [1.82, 2.24) is 0 Å². The molecule has 0 aliphatic heterocycles. The molecule has 0 aliphatic rings. The monoisotopic (exact) mass is 968 g/mol. The predicted molar refractivity (Wildman–Crippen MR) is 282 cm³/mol. The van der Waals surface area contributed by atoms with E-state index in [2.05, 4.69) is 38.2 Å². The van der Waals surface area contributed by atoms with Gasteiger partial charge in [0.25, 0.3) is 7.82 Å². The summed E-state index contributed by atoms with van der Waals surface area (Å²) in [7, 11) is 1.18. The molecule has 0 heterocycles. The van der Waals surface area contributed by atoms with Gasteiger partial charge in [0.05, 0.1) is 27.7 Å². The minimum atomic E-state index is -4.62. The number of phosphoric acid groups is 1. The summed E-state index contributed by atoms with van der Waals surface area (Å²) in [5.74, 6) is -0.821. The highest BCUT2D eigenvalue weighted by atomic mass is 31.2. The van der Waals surface area contributed by atoms with Crippen LogP contribution in [0.3, 0.4) is 0 Å². The van der Waals surface area contributed by atoms with Crippen molar-refractivity contribution in [1.29, 1.82) is 0 Å². The van der Waals surface area contributed by atoms with Crippen LogP contribution in [0.1, 0.15) is 277 Å². The van der Waals surface area contributed by atoms with Crippen LogP contribution in [0.25, 0.3) is 0 Å². The average molecular weight is 968 g/mol. The highest BCUT2D eigenvalue weighted by Crippen LogP contribution is 2.38. The normalized spacial score (nSPS) is 13.5. The van der Waals surface area contributed by atoms with Gasteiger partial charge in [-0.05, 0) is 44.9 Å². The lowest BCUT2D eigenvalue weighted by molar-refractivity contribution is -0.870.